The minimum atomic E-state index is -0.527. The van der Waals surface area contributed by atoms with Gasteiger partial charge in [-0.3, -0.25) is 0 Å². The molecule has 1 saturated heterocycles. The first-order valence-corrected chi connectivity index (χ1v) is 5.52. The van der Waals surface area contributed by atoms with Gasteiger partial charge in [0.05, 0.1) is 12.5 Å². The Morgan fingerprint density at radius 2 is 2.56 bits per heavy atom. The molecule has 88 valence electrons. The first-order valence-electron chi connectivity index (χ1n) is 5.52. The Morgan fingerprint density at radius 1 is 1.69 bits per heavy atom. The van der Waals surface area contributed by atoms with Gasteiger partial charge in [-0.15, -0.1) is 0 Å². The van der Waals surface area contributed by atoms with Crippen LogP contribution >= 0.6 is 0 Å². The molecule has 1 aromatic rings. The van der Waals surface area contributed by atoms with Crippen LogP contribution in [0.15, 0.2) is 4.52 Å². The molecule has 0 amide bonds. The molecule has 6 nitrogen and oxygen atoms in total. The number of aromatic nitrogens is 2. The van der Waals surface area contributed by atoms with Crippen LogP contribution in [0.5, 0.6) is 0 Å². The molecule has 0 radical (unpaired) electrons. The molecular weight excluding hydrogens is 210 g/mol. The normalized spacial score (nSPS) is 20.7. The van der Waals surface area contributed by atoms with Crippen LogP contribution in [-0.2, 0) is 4.74 Å². The maximum absolute atomic E-state index is 11.3. The fourth-order valence-electron chi connectivity index (χ4n) is 1.74. The van der Waals surface area contributed by atoms with Gasteiger partial charge in [-0.2, -0.15) is 4.98 Å². The standard InChI is InChI=1S/C10H15N3O3/c1-2-15-10(14)8-12-9(16-13-8)7-4-3-5-11-6-7/h7,11H,2-6H2,1H3/t7-/m0/s1. The minimum Gasteiger partial charge on any atom is -0.460 e. The van der Waals surface area contributed by atoms with Crippen LogP contribution in [0.4, 0.5) is 0 Å². The van der Waals surface area contributed by atoms with Crippen molar-refractivity contribution in [2.75, 3.05) is 19.7 Å². The molecule has 2 rings (SSSR count). The summed E-state index contributed by atoms with van der Waals surface area (Å²) in [5.41, 5.74) is 0. The quantitative estimate of drug-likeness (QED) is 0.763. The fraction of sp³-hybridized carbons (Fsp3) is 0.700. The molecule has 0 unspecified atom stereocenters. The number of piperidine rings is 1. The molecule has 1 aliphatic rings. The summed E-state index contributed by atoms with van der Waals surface area (Å²) in [6.07, 6.45) is 2.10. The largest absolute Gasteiger partial charge is 0.460 e. The second-order valence-electron chi connectivity index (χ2n) is 3.72. The monoisotopic (exact) mass is 225 g/mol. The summed E-state index contributed by atoms with van der Waals surface area (Å²) in [6, 6.07) is 0. The highest BCUT2D eigenvalue weighted by atomic mass is 16.5. The van der Waals surface area contributed by atoms with Gasteiger partial charge in [0, 0.05) is 6.54 Å². The van der Waals surface area contributed by atoms with E-state index in [2.05, 4.69) is 15.5 Å². The molecule has 1 aliphatic heterocycles. The van der Waals surface area contributed by atoms with Gasteiger partial charge >= 0.3 is 5.97 Å². The third-order valence-corrected chi connectivity index (χ3v) is 2.55. The number of esters is 1. The number of hydrogen-bond acceptors (Lipinski definition) is 6. The second kappa shape index (κ2) is 5.07. The van der Waals surface area contributed by atoms with E-state index in [1.54, 1.807) is 6.92 Å². The lowest BCUT2D eigenvalue weighted by Gasteiger charge is -2.18. The molecule has 16 heavy (non-hydrogen) atoms. The lowest BCUT2D eigenvalue weighted by Crippen LogP contribution is -2.28. The van der Waals surface area contributed by atoms with Crippen molar-refractivity contribution in [1.82, 2.24) is 15.5 Å². The first-order chi connectivity index (χ1) is 7.81. The molecule has 0 aromatic carbocycles. The van der Waals surface area contributed by atoms with E-state index >= 15 is 0 Å². The number of carbonyl (C=O) groups excluding carboxylic acids is 1. The van der Waals surface area contributed by atoms with Crippen molar-refractivity contribution < 1.29 is 14.1 Å². The molecule has 1 N–H and O–H groups in total. The van der Waals surface area contributed by atoms with E-state index in [1.807, 2.05) is 0 Å². The summed E-state index contributed by atoms with van der Waals surface area (Å²) < 4.78 is 9.86. The molecule has 1 fully saturated rings. The Hall–Kier alpha value is -1.43. The minimum absolute atomic E-state index is 0.0161. The van der Waals surface area contributed by atoms with Crippen LogP contribution in [0.1, 0.15) is 42.2 Å². The summed E-state index contributed by atoms with van der Waals surface area (Å²) in [6.45, 7) is 3.90. The summed E-state index contributed by atoms with van der Waals surface area (Å²) in [5.74, 6) is 0.225. The third kappa shape index (κ3) is 2.38. The molecule has 0 saturated carbocycles. The molecule has 2 heterocycles. The molecule has 1 aromatic heterocycles. The number of nitrogens with one attached hydrogen (secondary N) is 1. The van der Waals surface area contributed by atoms with Crippen molar-refractivity contribution >= 4 is 5.97 Å². The number of rotatable bonds is 3. The molecule has 0 spiro atoms. The van der Waals surface area contributed by atoms with E-state index < -0.39 is 5.97 Å². The Morgan fingerprint density at radius 3 is 3.25 bits per heavy atom. The lowest BCUT2D eigenvalue weighted by molar-refractivity contribution is 0.0508. The zero-order valence-electron chi connectivity index (χ0n) is 9.23. The van der Waals surface area contributed by atoms with Crippen molar-refractivity contribution in [1.29, 1.82) is 0 Å². The van der Waals surface area contributed by atoms with Gasteiger partial charge in [-0.05, 0) is 31.5 Å². The fourth-order valence-corrected chi connectivity index (χ4v) is 1.74. The zero-order valence-corrected chi connectivity index (χ0v) is 9.23. The SMILES string of the molecule is CCOC(=O)c1noc([C@H]2CCCNC2)n1. The van der Waals surface area contributed by atoms with E-state index in [0.29, 0.717) is 12.5 Å². The van der Waals surface area contributed by atoms with Gasteiger partial charge in [0.15, 0.2) is 0 Å². The van der Waals surface area contributed by atoms with Gasteiger partial charge in [0.2, 0.25) is 5.89 Å². The average molecular weight is 225 g/mol. The van der Waals surface area contributed by atoms with Crippen LogP contribution < -0.4 is 5.32 Å². The maximum atomic E-state index is 11.3. The van der Waals surface area contributed by atoms with E-state index in [9.17, 15) is 4.79 Å². The van der Waals surface area contributed by atoms with Crippen LogP contribution in [-0.4, -0.2) is 35.8 Å². The Bertz CT molecular complexity index is 358. The smallest absolute Gasteiger partial charge is 0.379 e. The van der Waals surface area contributed by atoms with Crippen molar-refractivity contribution in [2.45, 2.75) is 25.7 Å². The summed E-state index contributed by atoms with van der Waals surface area (Å²) in [4.78, 5) is 15.4. The molecular formula is C10H15N3O3. The zero-order chi connectivity index (χ0) is 11.4. The Labute approximate surface area is 93.4 Å². The van der Waals surface area contributed by atoms with Crippen molar-refractivity contribution in [3.8, 4) is 0 Å². The number of carbonyl (C=O) groups is 1. The molecule has 0 bridgehead atoms. The van der Waals surface area contributed by atoms with E-state index in [0.717, 1.165) is 25.9 Å². The highest BCUT2D eigenvalue weighted by molar-refractivity contribution is 5.84. The van der Waals surface area contributed by atoms with Gasteiger partial charge in [0.1, 0.15) is 0 Å². The Balaban J connectivity index is 2.03. The third-order valence-electron chi connectivity index (χ3n) is 2.55. The lowest BCUT2D eigenvalue weighted by atomic mass is 10.00. The van der Waals surface area contributed by atoms with Gasteiger partial charge in [0.25, 0.3) is 5.82 Å². The highest BCUT2D eigenvalue weighted by Gasteiger charge is 2.23. The van der Waals surface area contributed by atoms with Crippen molar-refractivity contribution in [3.05, 3.63) is 11.7 Å². The van der Waals surface area contributed by atoms with Crippen LogP contribution in [0.2, 0.25) is 0 Å². The predicted octanol–water partition coefficient (Wildman–Crippen LogP) is 0.713. The van der Waals surface area contributed by atoms with Crippen LogP contribution in [0.25, 0.3) is 0 Å². The number of ether oxygens (including phenoxy) is 1. The van der Waals surface area contributed by atoms with E-state index in [1.165, 1.54) is 0 Å². The van der Waals surface area contributed by atoms with Crippen molar-refractivity contribution in [2.24, 2.45) is 0 Å². The highest BCUT2D eigenvalue weighted by Crippen LogP contribution is 2.21. The van der Waals surface area contributed by atoms with Crippen LogP contribution in [0.3, 0.4) is 0 Å². The second-order valence-corrected chi connectivity index (χ2v) is 3.72. The van der Waals surface area contributed by atoms with Gasteiger partial charge in [-0.1, -0.05) is 0 Å². The van der Waals surface area contributed by atoms with E-state index in [4.69, 9.17) is 9.26 Å². The number of hydrogen-bond donors (Lipinski definition) is 1. The molecule has 1 atom stereocenters. The van der Waals surface area contributed by atoms with E-state index in [-0.39, 0.29) is 11.7 Å². The maximum Gasteiger partial charge on any atom is 0.379 e. The summed E-state index contributed by atoms with van der Waals surface area (Å²) >= 11 is 0. The predicted molar refractivity (Wildman–Crippen MR) is 55.1 cm³/mol. The average Bonchev–Trinajstić information content (AvgIpc) is 2.80. The topological polar surface area (TPSA) is 77.2 Å². The Kier molecular flexibility index (Phi) is 3.51. The van der Waals surface area contributed by atoms with Crippen LogP contribution in [0, 0.1) is 0 Å². The molecule has 6 heteroatoms. The van der Waals surface area contributed by atoms with Gasteiger partial charge < -0.3 is 14.6 Å². The van der Waals surface area contributed by atoms with Crippen molar-refractivity contribution in [3.63, 3.8) is 0 Å². The first kappa shape index (κ1) is 11.1. The summed E-state index contributed by atoms with van der Waals surface area (Å²) in [5, 5.41) is 6.87. The summed E-state index contributed by atoms with van der Waals surface area (Å²) in [7, 11) is 0. The number of nitrogens with zero attached hydrogens (tertiary/aromatic N) is 2. The van der Waals surface area contributed by atoms with Gasteiger partial charge in [-0.25, -0.2) is 4.79 Å². The molecule has 0 aliphatic carbocycles.